The summed E-state index contributed by atoms with van der Waals surface area (Å²) >= 11 is 0. The summed E-state index contributed by atoms with van der Waals surface area (Å²) < 4.78 is 5.47. The van der Waals surface area contributed by atoms with Crippen molar-refractivity contribution in [1.82, 2.24) is 0 Å². The fourth-order valence-corrected chi connectivity index (χ4v) is 1.11. The molecule has 0 aliphatic carbocycles. The Morgan fingerprint density at radius 2 is 2.20 bits per heavy atom. The first-order valence-corrected chi connectivity index (χ1v) is 4.81. The van der Waals surface area contributed by atoms with Gasteiger partial charge in [0.25, 0.3) is 0 Å². The summed E-state index contributed by atoms with van der Waals surface area (Å²) in [5.41, 5.74) is 1.06. The monoisotopic (exact) mass is 204 g/mol. The van der Waals surface area contributed by atoms with Gasteiger partial charge in [0.1, 0.15) is 12.4 Å². The first-order valence-electron chi connectivity index (χ1n) is 4.81. The van der Waals surface area contributed by atoms with Crippen LogP contribution in [0.4, 0.5) is 0 Å². The van der Waals surface area contributed by atoms with E-state index in [1.165, 1.54) is 0 Å². The van der Waals surface area contributed by atoms with Crippen molar-refractivity contribution >= 4 is 0 Å². The van der Waals surface area contributed by atoms with E-state index in [2.05, 4.69) is 0 Å². The zero-order chi connectivity index (χ0) is 11.3. The summed E-state index contributed by atoms with van der Waals surface area (Å²) in [5, 5.41) is 17.6. The number of hydrogen-bond donors (Lipinski definition) is 1. The van der Waals surface area contributed by atoms with Crippen LogP contribution in [-0.4, -0.2) is 11.7 Å². The van der Waals surface area contributed by atoms with Crippen molar-refractivity contribution in [2.45, 2.75) is 13.8 Å². The lowest BCUT2D eigenvalue weighted by Gasteiger charge is -2.09. The fourth-order valence-electron chi connectivity index (χ4n) is 1.11. The average Bonchev–Trinajstić information content (AvgIpc) is 2.25. The van der Waals surface area contributed by atoms with Gasteiger partial charge in [0.2, 0.25) is 0 Å². The molecule has 1 aromatic rings. The van der Waals surface area contributed by atoms with Crippen molar-refractivity contribution in [2.24, 2.45) is 5.92 Å². The van der Waals surface area contributed by atoms with Gasteiger partial charge in [0.05, 0.1) is 18.2 Å². The van der Waals surface area contributed by atoms with Crippen molar-refractivity contribution in [3.63, 3.8) is 0 Å². The van der Waals surface area contributed by atoms with E-state index < -0.39 is 0 Å². The van der Waals surface area contributed by atoms with E-state index in [-0.39, 0.29) is 0 Å². The van der Waals surface area contributed by atoms with E-state index in [1.54, 1.807) is 18.2 Å². The molecule has 0 saturated carbocycles. The molecule has 0 aromatic heterocycles. The van der Waals surface area contributed by atoms with Gasteiger partial charge in [-0.25, -0.2) is 0 Å². The number of aliphatic hydroxyl groups is 1. The molecule has 0 atom stereocenters. The Kier molecular flexibility index (Phi) is 4.14. The van der Waals surface area contributed by atoms with Crippen molar-refractivity contribution in [1.29, 1.82) is 5.26 Å². The predicted molar refractivity (Wildman–Crippen MR) is 56.8 cm³/mol. The third-order valence-corrected chi connectivity index (χ3v) is 1.79. The van der Waals surface area contributed by atoms with Gasteiger partial charge in [0.15, 0.2) is 0 Å². The number of hydrogen-bond acceptors (Lipinski definition) is 3. The van der Waals surface area contributed by atoms with Crippen LogP contribution in [-0.2, 0) is 0 Å². The number of ether oxygens (including phenoxy) is 1. The van der Waals surface area contributed by atoms with Gasteiger partial charge in [-0.3, -0.25) is 0 Å². The molecule has 0 aliphatic rings. The van der Waals surface area contributed by atoms with Crippen LogP contribution in [0.2, 0.25) is 0 Å². The van der Waals surface area contributed by atoms with Crippen molar-refractivity contribution in [3.05, 3.63) is 35.9 Å². The first-order chi connectivity index (χ1) is 7.15. The summed E-state index contributed by atoms with van der Waals surface area (Å²) in [7, 11) is 0. The lowest BCUT2D eigenvalue weighted by atomic mass is 10.1. The average molecular weight is 204 g/mol. The van der Waals surface area contributed by atoms with Gasteiger partial charge in [-0.05, 0) is 29.7 Å². The molecule has 0 unspecified atom stereocenters. The van der Waals surface area contributed by atoms with Crippen LogP contribution < -0.4 is 4.74 Å². The first kappa shape index (κ1) is 11.5. The summed E-state index contributed by atoms with van der Waals surface area (Å²) in [6.45, 7) is 5.66. The van der Waals surface area contributed by atoms with E-state index in [1.807, 2.05) is 19.9 Å². The largest absolute Gasteiger partial charge is 0.493 e. The van der Waals surface area contributed by atoms with Crippen LogP contribution in [0.15, 0.2) is 18.2 Å². The van der Waals surface area contributed by atoms with E-state index in [0.717, 1.165) is 6.61 Å². The van der Waals surface area contributed by atoms with Crippen LogP contribution >= 0.6 is 0 Å². The third-order valence-electron chi connectivity index (χ3n) is 1.79. The molecule has 0 fully saturated rings. The molecule has 15 heavy (non-hydrogen) atoms. The highest BCUT2D eigenvalue weighted by Crippen LogP contribution is 2.18. The van der Waals surface area contributed by atoms with Gasteiger partial charge in [-0.1, -0.05) is 13.8 Å². The minimum absolute atomic E-state index is 0.428. The highest BCUT2D eigenvalue weighted by atomic mass is 16.5. The third kappa shape index (κ3) is 3.61. The Labute approximate surface area is 89.9 Å². The molecule has 79 valence electrons. The Morgan fingerprint density at radius 1 is 1.47 bits per heavy atom. The maximum absolute atomic E-state index is 8.87. The molecular weight excluding hydrogens is 190 g/mol. The van der Waals surface area contributed by atoms with E-state index >= 15 is 0 Å². The molecule has 1 radical (unpaired) electrons. The van der Waals surface area contributed by atoms with Crippen LogP contribution in [0, 0.1) is 23.9 Å². The Balaban J connectivity index is 2.83. The lowest BCUT2D eigenvalue weighted by molar-refractivity contribution is 0.270. The lowest BCUT2D eigenvalue weighted by Crippen LogP contribution is -2.04. The highest BCUT2D eigenvalue weighted by molar-refractivity contribution is 5.42. The summed E-state index contributed by atoms with van der Waals surface area (Å²) in [5.74, 6) is 1.04. The number of benzene rings is 1. The van der Waals surface area contributed by atoms with E-state index in [9.17, 15) is 0 Å². The number of aliphatic hydroxyl groups excluding tert-OH is 1. The van der Waals surface area contributed by atoms with Crippen LogP contribution in [0.5, 0.6) is 5.75 Å². The minimum atomic E-state index is 0.428. The van der Waals surface area contributed by atoms with Gasteiger partial charge in [-0.15, -0.1) is 0 Å². The molecular formula is C12H14NO2. The molecule has 3 nitrogen and oxygen atoms in total. The van der Waals surface area contributed by atoms with Gasteiger partial charge in [-0.2, -0.15) is 5.26 Å². The van der Waals surface area contributed by atoms with Gasteiger partial charge < -0.3 is 9.84 Å². The van der Waals surface area contributed by atoms with E-state index in [4.69, 9.17) is 15.1 Å². The molecule has 0 bridgehead atoms. The maximum atomic E-state index is 8.87. The molecule has 3 heteroatoms. The number of nitriles is 1. The zero-order valence-electron chi connectivity index (χ0n) is 8.90. The van der Waals surface area contributed by atoms with Gasteiger partial charge in [0, 0.05) is 0 Å². The second-order valence-electron chi connectivity index (χ2n) is 3.74. The number of rotatable bonds is 4. The maximum Gasteiger partial charge on any atom is 0.120 e. The molecule has 1 N–H and O–H groups in total. The number of nitrogens with zero attached hydrogens (tertiary/aromatic N) is 1. The highest BCUT2D eigenvalue weighted by Gasteiger charge is 2.02. The minimum Gasteiger partial charge on any atom is -0.493 e. The fraction of sp³-hybridized carbons (Fsp3) is 0.333. The molecule has 0 amide bonds. The molecule has 0 saturated heterocycles. The topological polar surface area (TPSA) is 53.2 Å². The Hall–Kier alpha value is -1.53. The van der Waals surface area contributed by atoms with E-state index in [0.29, 0.717) is 29.4 Å². The quantitative estimate of drug-likeness (QED) is 0.819. The summed E-state index contributed by atoms with van der Waals surface area (Å²) in [6.07, 6.45) is 0. The van der Waals surface area contributed by atoms with Crippen molar-refractivity contribution in [2.75, 3.05) is 6.61 Å². The molecule has 0 heterocycles. The second-order valence-corrected chi connectivity index (χ2v) is 3.74. The second kappa shape index (κ2) is 5.38. The van der Waals surface area contributed by atoms with Crippen molar-refractivity contribution < 1.29 is 9.84 Å². The predicted octanol–water partition coefficient (Wildman–Crippen LogP) is 2.48. The standard InChI is InChI=1S/C12H14NO2/c1-9(2)8-15-12-4-10(6-13)3-11(5-12)7-14/h3-5,7,9,14H,8H2,1-2H3. The Bertz CT molecular complexity index is 366. The SMILES string of the molecule is CC(C)COc1cc(C#N)cc([CH]O)c1. The summed E-state index contributed by atoms with van der Waals surface area (Å²) in [4.78, 5) is 0. The Morgan fingerprint density at radius 3 is 2.73 bits per heavy atom. The molecule has 0 aliphatic heterocycles. The van der Waals surface area contributed by atoms with Crippen molar-refractivity contribution in [3.8, 4) is 11.8 Å². The molecule has 1 rings (SSSR count). The zero-order valence-corrected chi connectivity index (χ0v) is 8.90. The van der Waals surface area contributed by atoms with Crippen LogP contribution in [0.1, 0.15) is 25.0 Å². The summed E-state index contributed by atoms with van der Waals surface area (Å²) in [6, 6.07) is 6.98. The smallest absolute Gasteiger partial charge is 0.120 e. The molecule has 0 spiro atoms. The van der Waals surface area contributed by atoms with Gasteiger partial charge >= 0.3 is 0 Å². The normalized spacial score (nSPS) is 10.1. The van der Waals surface area contributed by atoms with Crippen LogP contribution in [0.25, 0.3) is 0 Å². The van der Waals surface area contributed by atoms with Crippen LogP contribution in [0.3, 0.4) is 0 Å². The molecule has 1 aromatic carbocycles.